The molecule has 1 N–H and O–H groups in total. The number of hydrogen-bond acceptors (Lipinski definition) is 3. The number of carbonyl (C=O) groups is 1. The Morgan fingerprint density at radius 1 is 1.33 bits per heavy atom. The van der Waals surface area contributed by atoms with Crippen molar-refractivity contribution in [3.05, 3.63) is 36.5 Å². The fraction of sp³-hybridized carbons (Fsp3) is 0.286. The quantitative estimate of drug-likeness (QED) is 0.917. The van der Waals surface area contributed by atoms with Crippen LogP contribution in [0.1, 0.15) is 13.8 Å². The van der Waals surface area contributed by atoms with Crippen LogP contribution < -0.4 is 5.32 Å². The fourth-order valence-corrected chi connectivity index (χ4v) is 2.20. The van der Waals surface area contributed by atoms with Crippen molar-refractivity contribution in [3.8, 4) is 0 Å². The molecule has 1 aromatic heterocycles. The maximum atomic E-state index is 11.8. The minimum absolute atomic E-state index is 0.0325. The third-order valence-corrected chi connectivity index (χ3v) is 3.56. The van der Waals surface area contributed by atoms with Crippen molar-refractivity contribution in [1.82, 2.24) is 4.98 Å². The van der Waals surface area contributed by atoms with Gasteiger partial charge in [0.25, 0.3) is 0 Å². The zero-order valence-electron chi connectivity index (χ0n) is 10.5. The van der Waals surface area contributed by atoms with E-state index in [-0.39, 0.29) is 5.91 Å². The molecule has 0 saturated carbocycles. The number of fused-ring (bicyclic) bond motifs is 1. The molecule has 0 atom stereocenters. The van der Waals surface area contributed by atoms with Crippen molar-refractivity contribution in [2.45, 2.75) is 19.1 Å². The molecule has 0 aliphatic rings. The van der Waals surface area contributed by atoms with E-state index >= 15 is 0 Å². The van der Waals surface area contributed by atoms with E-state index in [0.29, 0.717) is 11.0 Å². The van der Waals surface area contributed by atoms with Gasteiger partial charge in [0.2, 0.25) is 5.91 Å². The number of anilines is 1. The Kier molecular flexibility index (Phi) is 4.20. The summed E-state index contributed by atoms with van der Waals surface area (Å²) in [5.41, 5.74) is 1.72. The largest absolute Gasteiger partial charge is 0.325 e. The molecular weight excluding hydrogens is 244 g/mol. The van der Waals surface area contributed by atoms with Gasteiger partial charge in [-0.3, -0.25) is 9.78 Å². The summed E-state index contributed by atoms with van der Waals surface area (Å²) in [6, 6.07) is 9.59. The lowest BCUT2D eigenvalue weighted by molar-refractivity contribution is -0.113. The molecule has 2 rings (SSSR count). The fourth-order valence-electron chi connectivity index (χ4n) is 1.64. The third kappa shape index (κ3) is 3.23. The number of thioether (sulfide) groups is 1. The van der Waals surface area contributed by atoms with Gasteiger partial charge in [-0.1, -0.05) is 19.9 Å². The Labute approximate surface area is 111 Å². The molecular formula is C14H16N2OS. The van der Waals surface area contributed by atoms with Gasteiger partial charge in [-0.15, -0.1) is 11.8 Å². The van der Waals surface area contributed by atoms with E-state index in [9.17, 15) is 4.79 Å². The number of aromatic nitrogens is 1. The van der Waals surface area contributed by atoms with E-state index in [1.807, 2.05) is 30.3 Å². The van der Waals surface area contributed by atoms with E-state index in [1.165, 1.54) is 0 Å². The first-order chi connectivity index (χ1) is 8.66. The zero-order chi connectivity index (χ0) is 13.0. The molecule has 4 heteroatoms. The highest BCUT2D eigenvalue weighted by Crippen LogP contribution is 2.21. The number of carbonyl (C=O) groups excluding carboxylic acids is 1. The predicted molar refractivity (Wildman–Crippen MR) is 78.0 cm³/mol. The van der Waals surface area contributed by atoms with Crippen molar-refractivity contribution < 1.29 is 4.79 Å². The van der Waals surface area contributed by atoms with Crippen LogP contribution in [0.3, 0.4) is 0 Å². The molecule has 3 nitrogen and oxygen atoms in total. The molecule has 0 aliphatic carbocycles. The Morgan fingerprint density at radius 3 is 2.94 bits per heavy atom. The van der Waals surface area contributed by atoms with Gasteiger partial charge in [0, 0.05) is 11.6 Å². The smallest absolute Gasteiger partial charge is 0.234 e. The maximum Gasteiger partial charge on any atom is 0.234 e. The molecule has 0 bridgehead atoms. The summed E-state index contributed by atoms with van der Waals surface area (Å²) in [6.07, 6.45) is 1.75. The van der Waals surface area contributed by atoms with Gasteiger partial charge in [0.1, 0.15) is 0 Å². The molecule has 0 radical (unpaired) electrons. The standard InChI is InChI=1S/C14H16N2OS/c1-10(2)18-9-14(17)16-13-7-3-6-12-11(13)5-4-8-15-12/h3-8,10H,9H2,1-2H3,(H,16,17). The molecule has 0 saturated heterocycles. The zero-order valence-corrected chi connectivity index (χ0v) is 11.3. The minimum Gasteiger partial charge on any atom is -0.325 e. The van der Waals surface area contributed by atoms with Crippen molar-refractivity contribution >= 4 is 34.3 Å². The van der Waals surface area contributed by atoms with Gasteiger partial charge in [-0.05, 0) is 29.5 Å². The summed E-state index contributed by atoms with van der Waals surface area (Å²) < 4.78 is 0. The van der Waals surface area contributed by atoms with Crippen LogP contribution in [-0.2, 0) is 4.79 Å². The van der Waals surface area contributed by atoms with Gasteiger partial charge < -0.3 is 5.32 Å². The second-order valence-corrected chi connectivity index (χ2v) is 5.85. The normalized spacial score (nSPS) is 10.8. The lowest BCUT2D eigenvalue weighted by atomic mass is 10.2. The highest BCUT2D eigenvalue weighted by Gasteiger charge is 2.07. The molecule has 0 fully saturated rings. The van der Waals surface area contributed by atoms with E-state index in [4.69, 9.17) is 0 Å². The summed E-state index contributed by atoms with van der Waals surface area (Å²) in [7, 11) is 0. The number of nitrogens with one attached hydrogen (secondary N) is 1. The van der Waals surface area contributed by atoms with Crippen LogP contribution in [-0.4, -0.2) is 21.9 Å². The number of rotatable bonds is 4. The number of benzene rings is 1. The highest BCUT2D eigenvalue weighted by molar-refractivity contribution is 8.00. The minimum atomic E-state index is 0.0325. The number of amides is 1. The van der Waals surface area contributed by atoms with E-state index < -0.39 is 0 Å². The van der Waals surface area contributed by atoms with Crippen LogP contribution in [0.5, 0.6) is 0 Å². The number of pyridine rings is 1. The first kappa shape index (κ1) is 12.9. The second-order valence-electron chi connectivity index (χ2n) is 4.28. The van der Waals surface area contributed by atoms with Gasteiger partial charge in [0.15, 0.2) is 0 Å². The van der Waals surface area contributed by atoms with Crippen LogP contribution in [0, 0.1) is 0 Å². The van der Waals surface area contributed by atoms with E-state index in [0.717, 1.165) is 16.6 Å². The first-order valence-electron chi connectivity index (χ1n) is 5.92. The van der Waals surface area contributed by atoms with E-state index in [2.05, 4.69) is 24.1 Å². The van der Waals surface area contributed by atoms with Crippen LogP contribution in [0.2, 0.25) is 0 Å². The Balaban J connectivity index is 2.14. The topological polar surface area (TPSA) is 42.0 Å². The number of nitrogens with zero attached hydrogens (tertiary/aromatic N) is 1. The SMILES string of the molecule is CC(C)SCC(=O)Nc1cccc2ncccc12. The molecule has 0 aliphatic heterocycles. The molecule has 94 valence electrons. The Morgan fingerprint density at radius 2 is 2.17 bits per heavy atom. The second kappa shape index (κ2) is 5.87. The van der Waals surface area contributed by atoms with E-state index in [1.54, 1.807) is 18.0 Å². The van der Waals surface area contributed by atoms with Crippen LogP contribution in [0.25, 0.3) is 10.9 Å². The first-order valence-corrected chi connectivity index (χ1v) is 6.97. The Hall–Kier alpha value is -1.55. The molecule has 0 spiro atoms. The average Bonchev–Trinajstić information content (AvgIpc) is 2.37. The molecule has 1 aromatic carbocycles. The highest BCUT2D eigenvalue weighted by atomic mass is 32.2. The number of hydrogen-bond donors (Lipinski definition) is 1. The van der Waals surface area contributed by atoms with Gasteiger partial charge >= 0.3 is 0 Å². The van der Waals surface area contributed by atoms with Gasteiger partial charge in [-0.2, -0.15) is 0 Å². The van der Waals surface area contributed by atoms with Crippen molar-refractivity contribution in [3.63, 3.8) is 0 Å². The molecule has 18 heavy (non-hydrogen) atoms. The van der Waals surface area contributed by atoms with Crippen LogP contribution in [0.4, 0.5) is 5.69 Å². The summed E-state index contributed by atoms with van der Waals surface area (Å²) in [4.78, 5) is 16.1. The van der Waals surface area contributed by atoms with Gasteiger partial charge in [-0.25, -0.2) is 0 Å². The summed E-state index contributed by atoms with van der Waals surface area (Å²) >= 11 is 1.64. The third-order valence-electron chi connectivity index (χ3n) is 2.47. The molecule has 0 unspecified atom stereocenters. The molecule has 1 amide bonds. The summed E-state index contributed by atoms with van der Waals surface area (Å²) in [6.45, 7) is 4.17. The molecule has 2 aromatic rings. The van der Waals surface area contributed by atoms with Crippen molar-refractivity contribution in [2.75, 3.05) is 11.1 Å². The van der Waals surface area contributed by atoms with Crippen molar-refractivity contribution in [1.29, 1.82) is 0 Å². The molecule has 1 heterocycles. The lowest BCUT2D eigenvalue weighted by Crippen LogP contribution is -2.15. The predicted octanol–water partition coefficient (Wildman–Crippen LogP) is 3.31. The Bertz CT molecular complexity index is 549. The monoisotopic (exact) mass is 260 g/mol. The van der Waals surface area contributed by atoms with Crippen LogP contribution >= 0.6 is 11.8 Å². The maximum absolute atomic E-state index is 11.8. The summed E-state index contributed by atoms with van der Waals surface area (Å²) in [5.74, 6) is 0.513. The van der Waals surface area contributed by atoms with Crippen molar-refractivity contribution in [2.24, 2.45) is 0 Å². The average molecular weight is 260 g/mol. The lowest BCUT2D eigenvalue weighted by Gasteiger charge is -2.09. The van der Waals surface area contributed by atoms with Gasteiger partial charge in [0.05, 0.1) is 17.0 Å². The summed E-state index contributed by atoms with van der Waals surface area (Å²) in [5, 5.41) is 4.38. The van der Waals surface area contributed by atoms with Crippen LogP contribution in [0.15, 0.2) is 36.5 Å².